The average molecular weight is 720 g/mol. The van der Waals surface area contributed by atoms with Crippen molar-refractivity contribution in [1.29, 1.82) is 0 Å². The molecule has 0 radical (unpaired) electrons. The van der Waals surface area contributed by atoms with E-state index in [4.69, 9.17) is 31.3 Å². The zero-order chi connectivity index (χ0) is 34.8. The van der Waals surface area contributed by atoms with Crippen molar-refractivity contribution in [2.24, 2.45) is 5.73 Å². The highest BCUT2D eigenvalue weighted by molar-refractivity contribution is 7.94. The number of ketones is 1. The lowest BCUT2D eigenvalue weighted by Crippen LogP contribution is -2.41. The van der Waals surface area contributed by atoms with Crippen LogP contribution >= 0.6 is 23.6 Å². The maximum absolute atomic E-state index is 13.6. The summed E-state index contributed by atoms with van der Waals surface area (Å²) in [5, 5.41) is 14.8. The van der Waals surface area contributed by atoms with Crippen LogP contribution in [0.15, 0.2) is 68.8 Å². The van der Waals surface area contributed by atoms with Gasteiger partial charge in [0.1, 0.15) is 24.4 Å². The molecule has 11 nitrogen and oxygen atoms in total. The third-order valence-electron chi connectivity index (χ3n) is 8.40. The number of hydrogen-bond acceptors (Lipinski definition) is 10. The molecule has 0 fully saturated rings. The van der Waals surface area contributed by atoms with E-state index in [2.05, 4.69) is 46.9 Å². The van der Waals surface area contributed by atoms with Crippen LogP contribution < -0.4 is 25.3 Å². The predicted octanol–water partition coefficient (Wildman–Crippen LogP) is 5.87. The molecule has 1 aliphatic heterocycles. The van der Waals surface area contributed by atoms with Gasteiger partial charge in [0.05, 0.1) is 34.9 Å². The maximum atomic E-state index is 13.6. The highest BCUT2D eigenvalue weighted by Crippen LogP contribution is 2.44. The largest absolute Gasteiger partial charge is 0.456 e. The van der Waals surface area contributed by atoms with Gasteiger partial charge in [0, 0.05) is 52.3 Å². The van der Waals surface area contributed by atoms with Crippen LogP contribution in [0.5, 0.6) is 0 Å². The summed E-state index contributed by atoms with van der Waals surface area (Å²) in [7, 11) is -4.19. The van der Waals surface area contributed by atoms with Crippen LogP contribution in [0.1, 0.15) is 47.0 Å². The standard InChI is InChI=1S/C34H43ClN4O7S2/c1-5-38(6-2)23-12-15-26-31(19-23)44-32-20-24(39(7-3)8-4)13-16-27(32)34(26)28-17-14-25(21-33(28)47-46-45-41)48(42,43)37-29(30(40)22-35)11-9-10-18-36/h12-17,19-21,29,37H,5-11,18,22,36H2,1-4H3/p+1. The molecule has 1 aliphatic carbocycles. The number of Topliss-reactive ketones (excluding diaryl/α,β-unsaturated/α-hetero) is 1. The Hall–Kier alpha value is -3.01. The molecule has 0 amide bonds. The Kier molecular flexibility index (Phi) is 13.9. The Morgan fingerprint density at radius 1 is 1.04 bits per heavy atom. The molecule has 4 N–H and O–H groups in total. The number of alkyl halides is 1. The average Bonchev–Trinajstić information content (AvgIpc) is 3.09. The fourth-order valence-electron chi connectivity index (χ4n) is 5.85. The van der Waals surface area contributed by atoms with Crippen LogP contribution in [0.4, 0.5) is 5.69 Å². The molecule has 260 valence electrons. The third-order valence-corrected chi connectivity index (χ3v) is 10.8. The first-order valence-corrected chi connectivity index (χ1v) is 18.9. The first kappa shape index (κ1) is 37.8. The summed E-state index contributed by atoms with van der Waals surface area (Å²) >= 11 is 6.46. The van der Waals surface area contributed by atoms with Crippen molar-refractivity contribution in [2.75, 3.05) is 43.5 Å². The molecule has 0 saturated carbocycles. The summed E-state index contributed by atoms with van der Waals surface area (Å²) in [5.74, 6) is -0.116. The summed E-state index contributed by atoms with van der Waals surface area (Å²) in [4.78, 5) is 15.0. The minimum Gasteiger partial charge on any atom is -0.456 e. The molecular formula is C34H44ClN4O7S2+. The second kappa shape index (κ2) is 17.6. The zero-order valence-electron chi connectivity index (χ0n) is 27.7. The lowest BCUT2D eigenvalue weighted by Gasteiger charge is -2.23. The maximum Gasteiger partial charge on any atom is 0.241 e. The van der Waals surface area contributed by atoms with E-state index >= 15 is 0 Å². The Morgan fingerprint density at radius 3 is 2.42 bits per heavy atom. The van der Waals surface area contributed by atoms with E-state index in [1.807, 2.05) is 36.4 Å². The van der Waals surface area contributed by atoms with E-state index in [0.29, 0.717) is 53.2 Å². The molecule has 1 atom stereocenters. The first-order valence-electron chi connectivity index (χ1n) is 16.1. The van der Waals surface area contributed by atoms with Crippen molar-refractivity contribution in [3.8, 4) is 22.5 Å². The van der Waals surface area contributed by atoms with E-state index < -0.39 is 21.8 Å². The molecule has 1 heterocycles. The molecule has 0 aromatic heterocycles. The number of sulfonamides is 1. The smallest absolute Gasteiger partial charge is 0.241 e. The van der Waals surface area contributed by atoms with Crippen LogP contribution in [0.2, 0.25) is 0 Å². The van der Waals surface area contributed by atoms with Crippen molar-refractivity contribution < 1.29 is 32.3 Å². The summed E-state index contributed by atoms with van der Waals surface area (Å²) in [6.45, 7) is 12.1. The Balaban J connectivity index is 1.96. The number of carbonyl (C=O) groups excluding carboxylic acids is 1. The molecular weight excluding hydrogens is 676 g/mol. The van der Waals surface area contributed by atoms with E-state index in [-0.39, 0.29) is 17.2 Å². The van der Waals surface area contributed by atoms with Crippen molar-refractivity contribution in [3.63, 3.8) is 0 Å². The summed E-state index contributed by atoms with van der Waals surface area (Å²) in [5.41, 5.74) is 9.44. The van der Waals surface area contributed by atoms with Crippen molar-refractivity contribution in [1.82, 2.24) is 9.30 Å². The molecule has 2 aliphatic rings. The number of unbranched alkanes of at least 4 members (excludes halogenated alkanes) is 1. The van der Waals surface area contributed by atoms with Gasteiger partial charge >= 0.3 is 0 Å². The van der Waals surface area contributed by atoms with Crippen LogP contribution in [0.25, 0.3) is 33.4 Å². The van der Waals surface area contributed by atoms with E-state index in [1.165, 1.54) is 12.1 Å². The molecule has 0 saturated heterocycles. The number of nitrogens with zero attached hydrogens (tertiary/aromatic N) is 2. The van der Waals surface area contributed by atoms with Gasteiger partial charge in [-0.3, -0.25) is 4.79 Å². The highest BCUT2D eigenvalue weighted by atomic mass is 35.5. The Labute approximate surface area is 291 Å². The van der Waals surface area contributed by atoms with Gasteiger partial charge in [0.25, 0.3) is 0 Å². The molecule has 48 heavy (non-hydrogen) atoms. The normalized spacial score (nSPS) is 12.5. The van der Waals surface area contributed by atoms with Gasteiger partial charge in [-0.1, -0.05) is 17.5 Å². The third kappa shape index (κ3) is 8.58. The van der Waals surface area contributed by atoms with E-state index in [9.17, 15) is 13.2 Å². The second-order valence-corrected chi connectivity index (χ2v) is 13.8. The van der Waals surface area contributed by atoms with E-state index in [0.717, 1.165) is 53.7 Å². The monoisotopic (exact) mass is 719 g/mol. The molecule has 2 aromatic carbocycles. The Bertz CT molecular complexity index is 1860. The molecule has 0 bridgehead atoms. The fraction of sp³-hybridized carbons (Fsp3) is 0.412. The molecule has 2 aromatic rings. The zero-order valence-corrected chi connectivity index (χ0v) is 30.1. The van der Waals surface area contributed by atoms with Crippen LogP contribution in [0.3, 0.4) is 0 Å². The molecule has 0 spiro atoms. The minimum atomic E-state index is -4.19. The number of hydrogen-bond donors (Lipinski definition) is 3. The Morgan fingerprint density at radius 2 is 1.77 bits per heavy atom. The quantitative estimate of drug-likeness (QED) is 0.0217. The first-order chi connectivity index (χ1) is 23.2. The van der Waals surface area contributed by atoms with E-state index in [1.54, 1.807) is 6.07 Å². The van der Waals surface area contributed by atoms with Gasteiger partial charge in [0.2, 0.25) is 15.4 Å². The van der Waals surface area contributed by atoms with Crippen molar-refractivity contribution >= 4 is 56.1 Å². The highest BCUT2D eigenvalue weighted by Gasteiger charge is 2.27. The summed E-state index contributed by atoms with van der Waals surface area (Å²) < 4.78 is 43.4. The van der Waals surface area contributed by atoms with Gasteiger partial charge in [-0.15, -0.1) is 15.9 Å². The van der Waals surface area contributed by atoms with Gasteiger partial charge in [-0.2, -0.15) is 0 Å². The van der Waals surface area contributed by atoms with Gasteiger partial charge in [-0.25, -0.2) is 23.0 Å². The molecule has 4 rings (SSSR count). The number of benzene rings is 3. The van der Waals surface area contributed by atoms with Gasteiger partial charge in [-0.05, 0) is 83.0 Å². The fourth-order valence-corrected chi connectivity index (χ4v) is 7.93. The summed E-state index contributed by atoms with van der Waals surface area (Å²) in [6, 6.07) is 15.6. The number of fused-ring (bicyclic) bond motifs is 2. The number of anilines is 1. The SMILES string of the molecule is CCN(CC)c1ccc2c(-c3ccc(S(=O)(=O)NC(CCCCN)C(=O)CCl)cc3SOOO)c3ccc(=[N+](CC)CC)cc-3oc2c1. The topological polar surface area (TPSA) is 147 Å². The van der Waals surface area contributed by atoms with Gasteiger partial charge < -0.3 is 15.1 Å². The lowest BCUT2D eigenvalue weighted by molar-refractivity contribution is -0.432. The number of halogens is 1. The molecule has 14 heteroatoms. The van der Waals surface area contributed by atoms with Crippen LogP contribution in [-0.2, 0) is 24.2 Å². The second-order valence-electron chi connectivity index (χ2n) is 11.1. The van der Waals surface area contributed by atoms with Crippen LogP contribution in [0, 0.1) is 0 Å². The number of nitrogens with two attached hydrogens (primary N) is 1. The van der Waals surface area contributed by atoms with Crippen LogP contribution in [-0.4, -0.2) is 64.1 Å². The van der Waals surface area contributed by atoms with Gasteiger partial charge in [0.15, 0.2) is 5.78 Å². The lowest BCUT2D eigenvalue weighted by atomic mass is 9.93. The molecule has 1 unspecified atom stereocenters. The van der Waals surface area contributed by atoms with Crippen molar-refractivity contribution in [3.05, 3.63) is 60.0 Å². The summed E-state index contributed by atoms with van der Waals surface area (Å²) in [6.07, 6.45) is 1.46. The number of carbonyl (C=O) groups is 1. The predicted molar refractivity (Wildman–Crippen MR) is 192 cm³/mol. The minimum absolute atomic E-state index is 0.108. The number of nitrogens with one attached hydrogen (secondary N) is 1. The van der Waals surface area contributed by atoms with Crippen molar-refractivity contribution in [2.45, 2.75) is 62.8 Å². The number of rotatable bonds is 18.